The standard InChI is InChI=1S/C12H14FNO2S/c1-10-6-8-14(9-7-10)17(15,16)12-4-2-11(13)3-5-12/h2-5H,1,6-9H2. The van der Waals surface area contributed by atoms with Crippen molar-refractivity contribution in [1.82, 2.24) is 4.31 Å². The third kappa shape index (κ3) is 2.56. The fourth-order valence-corrected chi connectivity index (χ4v) is 3.24. The Morgan fingerprint density at radius 2 is 1.65 bits per heavy atom. The van der Waals surface area contributed by atoms with Crippen LogP contribution in [0.4, 0.5) is 4.39 Å². The maximum atomic E-state index is 12.7. The van der Waals surface area contributed by atoms with Crippen LogP contribution in [0.15, 0.2) is 41.3 Å². The van der Waals surface area contributed by atoms with Gasteiger partial charge in [0.25, 0.3) is 0 Å². The topological polar surface area (TPSA) is 37.4 Å². The number of halogens is 1. The van der Waals surface area contributed by atoms with Crippen molar-refractivity contribution in [2.24, 2.45) is 0 Å². The van der Waals surface area contributed by atoms with Crippen molar-refractivity contribution in [2.45, 2.75) is 17.7 Å². The number of hydrogen-bond donors (Lipinski definition) is 0. The quantitative estimate of drug-likeness (QED) is 0.759. The monoisotopic (exact) mass is 255 g/mol. The first-order valence-corrected chi connectivity index (χ1v) is 6.86. The van der Waals surface area contributed by atoms with E-state index in [4.69, 9.17) is 0 Å². The smallest absolute Gasteiger partial charge is 0.207 e. The molecule has 0 saturated carbocycles. The molecule has 2 rings (SSSR count). The summed E-state index contributed by atoms with van der Waals surface area (Å²) in [6.07, 6.45) is 1.39. The van der Waals surface area contributed by atoms with Crippen LogP contribution in [0.25, 0.3) is 0 Å². The van der Waals surface area contributed by atoms with E-state index in [9.17, 15) is 12.8 Å². The van der Waals surface area contributed by atoms with E-state index in [1.54, 1.807) is 0 Å². The van der Waals surface area contributed by atoms with Crippen molar-refractivity contribution in [2.75, 3.05) is 13.1 Å². The van der Waals surface area contributed by atoms with Gasteiger partial charge in [-0.2, -0.15) is 4.31 Å². The molecular formula is C12H14FNO2S. The first-order valence-electron chi connectivity index (χ1n) is 5.42. The highest BCUT2D eigenvalue weighted by atomic mass is 32.2. The molecule has 3 nitrogen and oxygen atoms in total. The van der Waals surface area contributed by atoms with Crippen molar-refractivity contribution >= 4 is 10.0 Å². The number of rotatable bonds is 2. The molecular weight excluding hydrogens is 241 g/mol. The van der Waals surface area contributed by atoms with Crippen LogP contribution in [-0.2, 0) is 10.0 Å². The second kappa shape index (κ2) is 4.58. The zero-order chi connectivity index (χ0) is 12.5. The summed E-state index contributed by atoms with van der Waals surface area (Å²) >= 11 is 0. The van der Waals surface area contributed by atoms with E-state index >= 15 is 0 Å². The second-order valence-corrected chi connectivity index (χ2v) is 6.05. The average Bonchev–Trinajstić information content (AvgIpc) is 2.30. The van der Waals surface area contributed by atoms with E-state index in [-0.39, 0.29) is 4.90 Å². The summed E-state index contributed by atoms with van der Waals surface area (Å²) in [5.74, 6) is -0.434. The SMILES string of the molecule is C=C1CCN(S(=O)(=O)c2ccc(F)cc2)CC1. The van der Waals surface area contributed by atoms with Gasteiger partial charge in [-0.1, -0.05) is 12.2 Å². The first-order chi connectivity index (χ1) is 8.00. The highest BCUT2D eigenvalue weighted by Gasteiger charge is 2.26. The number of nitrogens with zero attached hydrogens (tertiary/aromatic N) is 1. The molecule has 1 heterocycles. The molecule has 17 heavy (non-hydrogen) atoms. The van der Waals surface area contributed by atoms with Crippen molar-refractivity contribution in [3.05, 3.63) is 42.2 Å². The first kappa shape index (κ1) is 12.3. The summed E-state index contributed by atoms with van der Waals surface area (Å²) in [7, 11) is -3.48. The lowest BCUT2D eigenvalue weighted by molar-refractivity contribution is 0.387. The molecule has 0 radical (unpaired) electrons. The van der Waals surface area contributed by atoms with Gasteiger partial charge in [0.2, 0.25) is 10.0 Å². The van der Waals surface area contributed by atoms with E-state index in [0.29, 0.717) is 25.9 Å². The molecule has 0 atom stereocenters. The second-order valence-electron chi connectivity index (χ2n) is 4.11. The van der Waals surface area contributed by atoms with Gasteiger partial charge in [0.1, 0.15) is 5.82 Å². The Balaban J connectivity index is 2.24. The van der Waals surface area contributed by atoms with Crippen molar-refractivity contribution in [3.8, 4) is 0 Å². The molecule has 1 aromatic carbocycles. The van der Waals surface area contributed by atoms with Crippen LogP contribution >= 0.6 is 0 Å². The number of sulfonamides is 1. The summed E-state index contributed by atoms with van der Waals surface area (Å²) in [6, 6.07) is 4.92. The summed E-state index contributed by atoms with van der Waals surface area (Å²) in [4.78, 5) is 0.145. The molecule has 92 valence electrons. The predicted octanol–water partition coefficient (Wildman–Crippen LogP) is 2.17. The molecule has 0 aromatic heterocycles. The lowest BCUT2D eigenvalue weighted by atomic mass is 10.1. The van der Waals surface area contributed by atoms with E-state index in [0.717, 1.165) is 17.7 Å². The Hall–Kier alpha value is -1.20. The van der Waals surface area contributed by atoms with Gasteiger partial charge in [-0.05, 0) is 37.1 Å². The zero-order valence-corrected chi connectivity index (χ0v) is 10.2. The van der Waals surface area contributed by atoms with Crippen LogP contribution < -0.4 is 0 Å². The van der Waals surface area contributed by atoms with Crippen molar-refractivity contribution < 1.29 is 12.8 Å². The largest absolute Gasteiger partial charge is 0.243 e. The van der Waals surface area contributed by atoms with Crippen LogP contribution in [0.2, 0.25) is 0 Å². The Morgan fingerprint density at radius 1 is 1.12 bits per heavy atom. The summed E-state index contributed by atoms with van der Waals surface area (Å²) in [6.45, 7) is 4.76. The van der Waals surface area contributed by atoms with Crippen LogP contribution in [0, 0.1) is 5.82 Å². The van der Waals surface area contributed by atoms with Crippen LogP contribution in [-0.4, -0.2) is 25.8 Å². The van der Waals surface area contributed by atoms with Gasteiger partial charge < -0.3 is 0 Å². The van der Waals surface area contributed by atoms with Gasteiger partial charge in [0.05, 0.1) is 4.90 Å². The Bertz CT molecular complexity index is 512. The average molecular weight is 255 g/mol. The van der Waals surface area contributed by atoms with Gasteiger partial charge in [0, 0.05) is 13.1 Å². The Morgan fingerprint density at radius 3 is 2.18 bits per heavy atom. The highest BCUT2D eigenvalue weighted by molar-refractivity contribution is 7.89. The summed E-state index contributed by atoms with van der Waals surface area (Å²) in [5.41, 5.74) is 1.08. The molecule has 0 amide bonds. The van der Waals surface area contributed by atoms with Gasteiger partial charge in [-0.3, -0.25) is 0 Å². The zero-order valence-electron chi connectivity index (χ0n) is 9.39. The molecule has 1 aromatic rings. The van der Waals surface area contributed by atoms with Gasteiger partial charge >= 0.3 is 0 Å². The maximum absolute atomic E-state index is 12.7. The molecule has 1 fully saturated rings. The van der Waals surface area contributed by atoms with E-state index in [2.05, 4.69) is 6.58 Å². The Labute approximate surface area is 101 Å². The van der Waals surface area contributed by atoms with Crippen LogP contribution in [0.3, 0.4) is 0 Å². The van der Waals surface area contributed by atoms with Gasteiger partial charge in [-0.15, -0.1) is 0 Å². The third-order valence-corrected chi connectivity index (χ3v) is 4.79. The molecule has 0 spiro atoms. The summed E-state index contributed by atoms with van der Waals surface area (Å²) in [5, 5.41) is 0. The predicted molar refractivity (Wildman–Crippen MR) is 63.5 cm³/mol. The number of piperidine rings is 1. The minimum Gasteiger partial charge on any atom is -0.207 e. The van der Waals surface area contributed by atoms with E-state index in [1.165, 1.54) is 16.4 Å². The fourth-order valence-electron chi connectivity index (χ4n) is 1.80. The molecule has 0 unspecified atom stereocenters. The number of benzene rings is 1. The molecule has 1 aliphatic heterocycles. The van der Waals surface area contributed by atoms with E-state index in [1.807, 2.05) is 0 Å². The molecule has 0 aliphatic carbocycles. The normalized spacial score (nSPS) is 18.3. The van der Waals surface area contributed by atoms with Crippen molar-refractivity contribution in [1.29, 1.82) is 0 Å². The molecule has 0 bridgehead atoms. The third-order valence-electron chi connectivity index (χ3n) is 2.88. The van der Waals surface area contributed by atoms with E-state index < -0.39 is 15.8 Å². The molecule has 5 heteroatoms. The maximum Gasteiger partial charge on any atom is 0.243 e. The number of hydrogen-bond acceptors (Lipinski definition) is 2. The van der Waals surface area contributed by atoms with Crippen LogP contribution in [0.5, 0.6) is 0 Å². The summed E-state index contributed by atoms with van der Waals surface area (Å²) < 4.78 is 38.5. The lowest BCUT2D eigenvalue weighted by Crippen LogP contribution is -2.36. The van der Waals surface area contributed by atoms with Crippen LogP contribution in [0.1, 0.15) is 12.8 Å². The lowest BCUT2D eigenvalue weighted by Gasteiger charge is -2.27. The Kier molecular flexibility index (Phi) is 3.31. The van der Waals surface area contributed by atoms with Crippen molar-refractivity contribution in [3.63, 3.8) is 0 Å². The minimum atomic E-state index is -3.48. The van der Waals surface area contributed by atoms with Gasteiger partial charge in [-0.25, -0.2) is 12.8 Å². The molecule has 1 saturated heterocycles. The fraction of sp³-hybridized carbons (Fsp3) is 0.333. The minimum absolute atomic E-state index is 0.145. The van der Waals surface area contributed by atoms with Gasteiger partial charge in [0.15, 0.2) is 0 Å². The molecule has 0 N–H and O–H groups in total. The molecule has 1 aliphatic rings. The highest BCUT2D eigenvalue weighted by Crippen LogP contribution is 2.22.